The van der Waals surface area contributed by atoms with Crippen LogP contribution >= 0.6 is 0 Å². The zero-order chi connectivity index (χ0) is 27.4. The first kappa shape index (κ1) is 30.6. The van der Waals surface area contributed by atoms with Crippen molar-refractivity contribution in [3.8, 4) is 0 Å². The van der Waals surface area contributed by atoms with Gasteiger partial charge in [-0.3, -0.25) is 19.2 Å². The van der Waals surface area contributed by atoms with E-state index >= 15 is 0 Å². The summed E-state index contributed by atoms with van der Waals surface area (Å²) in [5.74, 6) is -4.33. The van der Waals surface area contributed by atoms with Gasteiger partial charge in [0.1, 0.15) is 18.1 Å². The Morgan fingerprint density at radius 2 is 1.50 bits per heavy atom. The van der Waals surface area contributed by atoms with E-state index in [9.17, 15) is 29.1 Å². The Hall–Kier alpha value is -3.48. The molecule has 0 aromatic carbocycles. The summed E-state index contributed by atoms with van der Waals surface area (Å²) in [6, 6.07) is -4.32. The van der Waals surface area contributed by atoms with Gasteiger partial charge in [0.15, 0.2) is 0 Å². The van der Waals surface area contributed by atoms with Crippen LogP contribution in [0.4, 0.5) is 0 Å². The standard InChI is InChI=1S/C23H39N7O6/c1-5-12(3)18(21(33)28-16(23(35)36)9-14-10-26-11-27-14)30-22(34)19(13(4)6-2)29-20(32)15(24)7-8-17(25)31/h10-13,15-16,18-19H,5-9,24H2,1-4H3,(H2,25,31)(H,26,27)(H,28,33)(H,29,32)(H,30,34)(H,35,36). The van der Waals surface area contributed by atoms with Crippen LogP contribution in [0.15, 0.2) is 12.5 Å². The van der Waals surface area contributed by atoms with E-state index in [4.69, 9.17) is 11.5 Å². The number of nitrogens with two attached hydrogens (primary N) is 2. The van der Waals surface area contributed by atoms with Gasteiger partial charge in [0, 0.05) is 24.7 Å². The number of carboxylic acids is 1. The molecular weight excluding hydrogens is 470 g/mol. The lowest BCUT2D eigenvalue weighted by Gasteiger charge is -2.30. The normalized spacial score (nSPS) is 16.0. The number of aliphatic carboxylic acids is 1. The van der Waals surface area contributed by atoms with Gasteiger partial charge in [0.05, 0.1) is 12.4 Å². The number of amides is 4. The SMILES string of the molecule is CCC(C)C(NC(=O)C(N)CCC(N)=O)C(=O)NC(C(=O)NC(Cc1cnc[nH]1)C(=O)O)C(C)CC. The van der Waals surface area contributed by atoms with Gasteiger partial charge in [-0.2, -0.15) is 0 Å². The first-order valence-corrected chi connectivity index (χ1v) is 12.1. The van der Waals surface area contributed by atoms with Crippen molar-refractivity contribution in [3.05, 3.63) is 18.2 Å². The summed E-state index contributed by atoms with van der Waals surface area (Å²) in [5, 5.41) is 17.4. The zero-order valence-electron chi connectivity index (χ0n) is 21.2. The van der Waals surface area contributed by atoms with Crippen LogP contribution in [-0.4, -0.2) is 68.8 Å². The Labute approximate surface area is 210 Å². The number of H-pyrrole nitrogens is 1. The maximum atomic E-state index is 13.2. The first-order valence-electron chi connectivity index (χ1n) is 12.1. The summed E-state index contributed by atoms with van der Waals surface area (Å²) in [6.07, 6.45) is 3.87. The van der Waals surface area contributed by atoms with Crippen molar-refractivity contribution in [2.75, 3.05) is 0 Å². The van der Waals surface area contributed by atoms with Crippen LogP contribution in [-0.2, 0) is 30.4 Å². The highest BCUT2D eigenvalue weighted by Crippen LogP contribution is 2.13. The van der Waals surface area contributed by atoms with Gasteiger partial charge in [0.25, 0.3) is 0 Å². The van der Waals surface area contributed by atoms with Gasteiger partial charge in [0.2, 0.25) is 23.6 Å². The second-order valence-corrected chi connectivity index (χ2v) is 9.04. The molecule has 0 aliphatic rings. The van der Waals surface area contributed by atoms with E-state index in [1.54, 1.807) is 13.8 Å². The fraction of sp³-hybridized carbons (Fsp3) is 0.652. The van der Waals surface area contributed by atoms with Gasteiger partial charge in [-0.15, -0.1) is 0 Å². The molecule has 4 amide bonds. The molecule has 6 atom stereocenters. The van der Waals surface area contributed by atoms with Crippen LogP contribution in [0, 0.1) is 11.8 Å². The number of imidazole rings is 1. The molecule has 9 N–H and O–H groups in total. The second-order valence-electron chi connectivity index (χ2n) is 9.04. The topological polar surface area (TPSA) is 222 Å². The lowest BCUT2D eigenvalue weighted by molar-refractivity contribution is -0.142. The van der Waals surface area contributed by atoms with Crippen LogP contribution in [0.25, 0.3) is 0 Å². The Morgan fingerprint density at radius 1 is 0.972 bits per heavy atom. The van der Waals surface area contributed by atoms with Crippen molar-refractivity contribution >= 4 is 29.6 Å². The molecule has 0 aliphatic heterocycles. The molecule has 0 fully saturated rings. The van der Waals surface area contributed by atoms with E-state index in [0.717, 1.165) is 0 Å². The monoisotopic (exact) mass is 509 g/mol. The number of hydrogen-bond donors (Lipinski definition) is 7. The number of aromatic amines is 1. The van der Waals surface area contributed by atoms with E-state index < -0.39 is 53.8 Å². The molecular formula is C23H39N7O6. The van der Waals surface area contributed by atoms with Crippen molar-refractivity contribution in [1.29, 1.82) is 0 Å². The first-order chi connectivity index (χ1) is 16.9. The number of carbonyl (C=O) groups is 5. The van der Waals surface area contributed by atoms with Gasteiger partial charge in [-0.25, -0.2) is 9.78 Å². The Balaban J connectivity index is 3.00. The number of carbonyl (C=O) groups excluding carboxylic acids is 4. The molecule has 1 aromatic rings. The predicted molar refractivity (Wildman–Crippen MR) is 131 cm³/mol. The maximum absolute atomic E-state index is 13.2. The summed E-state index contributed by atoms with van der Waals surface area (Å²) in [6.45, 7) is 7.20. The number of nitrogens with one attached hydrogen (secondary N) is 4. The van der Waals surface area contributed by atoms with E-state index in [0.29, 0.717) is 18.5 Å². The van der Waals surface area contributed by atoms with E-state index in [2.05, 4.69) is 25.9 Å². The van der Waals surface area contributed by atoms with Gasteiger partial charge in [-0.05, 0) is 18.3 Å². The summed E-state index contributed by atoms with van der Waals surface area (Å²) in [7, 11) is 0. The molecule has 202 valence electrons. The van der Waals surface area contributed by atoms with E-state index in [1.807, 2.05) is 13.8 Å². The lowest BCUT2D eigenvalue weighted by atomic mass is 9.94. The number of hydrogen-bond acceptors (Lipinski definition) is 7. The second kappa shape index (κ2) is 14.8. The van der Waals surface area contributed by atoms with Crippen LogP contribution in [0.3, 0.4) is 0 Å². The number of primary amides is 1. The molecule has 1 aromatic heterocycles. The molecule has 36 heavy (non-hydrogen) atoms. The molecule has 6 unspecified atom stereocenters. The third-order valence-electron chi connectivity index (χ3n) is 6.22. The molecule has 13 nitrogen and oxygen atoms in total. The highest BCUT2D eigenvalue weighted by atomic mass is 16.4. The fourth-order valence-corrected chi connectivity index (χ4v) is 3.41. The molecule has 13 heteroatoms. The van der Waals surface area contributed by atoms with Gasteiger partial charge in [-0.1, -0.05) is 40.5 Å². The lowest BCUT2D eigenvalue weighted by Crippen LogP contribution is -2.60. The Bertz CT molecular complexity index is 892. The highest BCUT2D eigenvalue weighted by Gasteiger charge is 2.34. The average Bonchev–Trinajstić information content (AvgIpc) is 3.35. The number of carboxylic acid groups (broad SMARTS) is 1. The molecule has 0 saturated carbocycles. The number of nitrogens with zero attached hydrogens (tertiary/aromatic N) is 1. The van der Waals surface area contributed by atoms with Gasteiger partial charge >= 0.3 is 5.97 Å². The van der Waals surface area contributed by atoms with Crippen LogP contribution in [0.1, 0.15) is 59.1 Å². The maximum Gasteiger partial charge on any atom is 0.326 e. The van der Waals surface area contributed by atoms with E-state index in [-0.39, 0.29) is 31.1 Å². The third kappa shape index (κ3) is 9.64. The number of rotatable bonds is 16. The largest absolute Gasteiger partial charge is 0.480 e. The summed E-state index contributed by atoms with van der Waals surface area (Å²) in [4.78, 5) is 68.2. The van der Waals surface area contributed by atoms with Crippen molar-refractivity contribution in [3.63, 3.8) is 0 Å². The zero-order valence-corrected chi connectivity index (χ0v) is 21.2. The summed E-state index contributed by atoms with van der Waals surface area (Å²) in [5.41, 5.74) is 11.5. The average molecular weight is 510 g/mol. The molecule has 1 rings (SSSR count). The van der Waals surface area contributed by atoms with E-state index in [1.165, 1.54) is 12.5 Å². The predicted octanol–water partition coefficient (Wildman–Crippen LogP) is -0.824. The minimum absolute atomic E-state index is 0.0169. The minimum atomic E-state index is -1.24. The molecule has 0 radical (unpaired) electrons. The third-order valence-corrected chi connectivity index (χ3v) is 6.22. The molecule has 0 bridgehead atoms. The Morgan fingerprint density at radius 3 is 1.94 bits per heavy atom. The van der Waals surface area contributed by atoms with Crippen molar-refractivity contribution in [2.24, 2.45) is 23.3 Å². The quantitative estimate of drug-likeness (QED) is 0.149. The molecule has 1 heterocycles. The number of aromatic nitrogens is 2. The summed E-state index contributed by atoms with van der Waals surface area (Å²) >= 11 is 0. The van der Waals surface area contributed by atoms with Crippen LogP contribution in [0.2, 0.25) is 0 Å². The minimum Gasteiger partial charge on any atom is -0.480 e. The van der Waals surface area contributed by atoms with Crippen molar-refractivity contribution < 1.29 is 29.1 Å². The smallest absolute Gasteiger partial charge is 0.326 e. The van der Waals surface area contributed by atoms with Crippen LogP contribution in [0.5, 0.6) is 0 Å². The Kier molecular flexibility index (Phi) is 12.6. The van der Waals surface area contributed by atoms with Crippen molar-refractivity contribution in [1.82, 2.24) is 25.9 Å². The van der Waals surface area contributed by atoms with Crippen LogP contribution < -0.4 is 27.4 Å². The molecule has 0 spiro atoms. The van der Waals surface area contributed by atoms with Gasteiger partial charge < -0.3 is 37.5 Å². The van der Waals surface area contributed by atoms with Crippen molar-refractivity contribution in [2.45, 2.75) is 84.0 Å². The fourth-order valence-electron chi connectivity index (χ4n) is 3.41. The highest BCUT2D eigenvalue weighted by molar-refractivity contribution is 5.94. The summed E-state index contributed by atoms with van der Waals surface area (Å²) < 4.78 is 0. The molecule has 0 saturated heterocycles. The molecule has 0 aliphatic carbocycles.